The van der Waals surface area contributed by atoms with Crippen molar-refractivity contribution in [1.82, 2.24) is 15.2 Å². The van der Waals surface area contributed by atoms with Crippen LogP contribution in [0.15, 0.2) is 41.4 Å². The van der Waals surface area contributed by atoms with Gasteiger partial charge >= 0.3 is 0 Å². The largest absolute Gasteiger partial charge is 0.315 e. The SMILES string of the molecule is CCN(CCNCCc1ccsc1)Cc1ccncc1. The van der Waals surface area contributed by atoms with Gasteiger partial charge < -0.3 is 5.32 Å². The van der Waals surface area contributed by atoms with Gasteiger partial charge in [-0.3, -0.25) is 9.88 Å². The number of nitrogens with zero attached hydrogens (tertiary/aromatic N) is 2. The first-order valence-electron chi connectivity index (χ1n) is 7.21. The third-order valence-corrected chi connectivity index (χ3v) is 4.11. The van der Waals surface area contributed by atoms with E-state index in [2.05, 4.69) is 51.1 Å². The molecule has 2 rings (SSSR count). The van der Waals surface area contributed by atoms with E-state index in [-0.39, 0.29) is 0 Å². The van der Waals surface area contributed by atoms with Crippen LogP contribution in [-0.2, 0) is 13.0 Å². The molecule has 0 aliphatic heterocycles. The molecule has 2 heterocycles. The van der Waals surface area contributed by atoms with Crippen molar-refractivity contribution in [1.29, 1.82) is 0 Å². The van der Waals surface area contributed by atoms with Crippen LogP contribution in [0.5, 0.6) is 0 Å². The Morgan fingerprint density at radius 2 is 2.00 bits per heavy atom. The summed E-state index contributed by atoms with van der Waals surface area (Å²) in [6.45, 7) is 7.49. The molecular formula is C16H23N3S. The van der Waals surface area contributed by atoms with Crippen molar-refractivity contribution in [3.63, 3.8) is 0 Å². The fourth-order valence-corrected chi connectivity index (χ4v) is 2.83. The molecular weight excluding hydrogens is 266 g/mol. The molecule has 0 aliphatic carbocycles. The lowest BCUT2D eigenvalue weighted by molar-refractivity contribution is 0.279. The number of pyridine rings is 1. The van der Waals surface area contributed by atoms with E-state index in [1.165, 1.54) is 11.1 Å². The molecule has 108 valence electrons. The van der Waals surface area contributed by atoms with E-state index in [0.717, 1.165) is 39.1 Å². The maximum absolute atomic E-state index is 4.06. The first-order chi connectivity index (χ1) is 9.88. The van der Waals surface area contributed by atoms with E-state index in [1.807, 2.05) is 12.4 Å². The molecule has 2 aromatic heterocycles. The minimum absolute atomic E-state index is 1.01. The molecule has 0 aromatic carbocycles. The van der Waals surface area contributed by atoms with Crippen LogP contribution >= 0.6 is 11.3 Å². The second-order valence-corrected chi connectivity index (χ2v) is 5.64. The third-order valence-electron chi connectivity index (χ3n) is 3.38. The molecule has 0 saturated heterocycles. The summed E-state index contributed by atoms with van der Waals surface area (Å²) >= 11 is 1.77. The van der Waals surface area contributed by atoms with Gasteiger partial charge in [-0.15, -0.1) is 0 Å². The minimum atomic E-state index is 1.01. The van der Waals surface area contributed by atoms with E-state index < -0.39 is 0 Å². The summed E-state index contributed by atoms with van der Waals surface area (Å²) in [5.41, 5.74) is 2.77. The Bertz CT molecular complexity index is 456. The molecule has 0 unspecified atom stereocenters. The number of aromatic nitrogens is 1. The monoisotopic (exact) mass is 289 g/mol. The smallest absolute Gasteiger partial charge is 0.0271 e. The molecule has 20 heavy (non-hydrogen) atoms. The van der Waals surface area contributed by atoms with Gasteiger partial charge in [-0.1, -0.05) is 6.92 Å². The van der Waals surface area contributed by atoms with Gasteiger partial charge in [-0.05, 0) is 59.6 Å². The van der Waals surface area contributed by atoms with E-state index in [9.17, 15) is 0 Å². The average Bonchev–Trinajstić information content (AvgIpc) is 3.00. The maximum atomic E-state index is 4.06. The highest BCUT2D eigenvalue weighted by Gasteiger charge is 2.03. The quantitative estimate of drug-likeness (QED) is 0.720. The second-order valence-electron chi connectivity index (χ2n) is 4.86. The van der Waals surface area contributed by atoms with Gasteiger partial charge in [-0.2, -0.15) is 11.3 Å². The van der Waals surface area contributed by atoms with E-state index in [1.54, 1.807) is 11.3 Å². The molecule has 2 aromatic rings. The minimum Gasteiger partial charge on any atom is -0.315 e. The van der Waals surface area contributed by atoms with Gasteiger partial charge in [0.25, 0.3) is 0 Å². The fourth-order valence-electron chi connectivity index (χ4n) is 2.13. The number of rotatable bonds is 9. The van der Waals surface area contributed by atoms with Crippen molar-refractivity contribution < 1.29 is 0 Å². The van der Waals surface area contributed by atoms with Crippen molar-refractivity contribution in [2.45, 2.75) is 19.9 Å². The number of thiophene rings is 1. The highest BCUT2D eigenvalue weighted by molar-refractivity contribution is 7.07. The summed E-state index contributed by atoms with van der Waals surface area (Å²) in [5.74, 6) is 0. The Morgan fingerprint density at radius 3 is 2.70 bits per heavy atom. The number of likely N-dealkylation sites (N-methyl/N-ethyl adjacent to an activating group) is 1. The summed E-state index contributed by atoms with van der Waals surface area (Å²) in [6.07, 6.45) is 4.85. The van der Waals surface area contributed by atoms with Crippen molar-refractivity contribution in [2.75, 3.05) is 26.2 Å². The van der Waals surface area contributed by atoms with Crippen LogP contribution in [0, 0.1) is 0 Å². The lowest BCUT2D eigenvalue weighted by Gasteiger charge is -2.20. The van der Waals surface area contributed by atoms with Crippen LogP contribution in [0.2, 0.25) is 0 Å². The van der Waals surface area contributed by atoms with Gasteiger partial charge in [-0.25, -0.2) is 0 Å². The van der Waals surface area contributed by atoms with Crippen molar-refractivity contribution in [3.05, 3.63) is 52.5 Å². The maximum Gasteiger partial charge on any atom is 0.0271 e. The summed E-state index contributed by atoms with van der Waals surface area (Å²) in [5, 5.41) is 7.89. The lowest BCUT2D eigenvalue weighted by Crippen LogP contribution is -2.32. The van der Waals surface area contributed by atoms with E-state index in [0.29, 0.717) is 0 Å². The van der Waals surface area contributed by atoms with Gasteiger partial charge in [0, 0.05) is 32.0 Å². The molecule has 0 saturated carbocycles. The zero-order valence-electron chi connectivity index (χ0n) is 12.1. The average molecular weight is 289 g/mol. The molecule has 0 radical (unpaired) electrons. The lowest BCUT2D eigenvalue weighted by atomic mass is 10.2. The van der Waals surface area contributed by atoms with Crippen LogP contribution in [0.3, 0.4) is 0 Å². The third kappa shape index (κ3) is 5.41. The predicted octanol–water partition coefficient (Wildman–Crippen LogP) is 2.80. The standard InChI is InChI=1S/C16H23N3S/c1-2-19(13-15-3-7-17-8-4-15)11-10-18-9-5-16-6-12-20-14-16/h3-4,6-8,12,14,18H,2,5,9-11,13H2,1H3. The highest BCUT2D eigenvalue weighted by atomic mass is 32.1. The number of hydrogen-bond donors (Lipinski definition) is 1. The summed E-state index contributed by atoms with van der Waals surface area (Å²) in [4.78, 5) is 6.51. The first kappa shape index (κ1) is 15.2. The van der Waals surface area contributed by atoms with Crippen LogP contribution in [0.1, 0.15) is 18.1 Å². The zero-order valence-corrected chi connectivity index (χ0v) is 12.9. The molecule has 4 heteroatoms. The van der Waals surface area contributed by atoms with Crippen molar-refractivity contribution >= 4 is 11.3 Å². The van der Waals surface area contributed by atoms with Crippen LogP contribution in [-0.4, -0.2) is 36.1 Å². The Morgan fingerprint density at radius 1 is 1.15 bits per heavy atom. The molecule has 3 nitrogen and oxygen atoms in total. The highest BCUT2D eigenvalue weighted by Crippen LogP contribution is 2.05. The van der Waals surface area contributed by atoms with Crippen LogP contribution in [0.25, 0.3) is 0 Å². The normalized spacial score (nSPS) is 11.1. The Hall–Kier alpha value is -1.23. The van der Waals surface area contributed by atoms with Crippen molar-refractivity contribution in [2.24, 2.45) is 0 Å². The first-order valence-corrected chi connectivity index (χ1v) is 8.16. The molecule has 0 fully saturated rings. The Labute approximate surface area is 125 Å². The zero-order chi connectivity index (χ0) is 14.0. The van der Waals surface area contributed by atoms with E-state index >= 15 is 0 Å². The van der Waals surface area contributed by atoms with Gasteiger partial charge in [0.05, 0.1) is 0 Å². The van der Waals surface area contributed by atoms with E-state index in [4.69, 9.17) is 0 Å². The Kier molecular flexibility index (Phi) is 6.71. The molecule has 0 atom stereocenters. The van der Waals surface area contributed by atoms with Gasteiger partial charge in [0.15, 0.2) is 0 Å². The van der Waals surface area contributed by atoms with Gasteiger partial charge in [0.1, 0.15) is 0 Å². The van der Waals surface area contributed by atoms with Gasteiger partial charge in [0.2, 0.25) is 0 Å². The fraction of sp³-hybridized carbons (Fsp3) is 0.438. The van der Waals surface area contributed by atoms with Crippen LogP contribution < -0.4 is 5.32 Å². The summed E-state index contributed by atoms with van der Waals surface area (Å²) in [6, 6.07) is 6.38. The van der Waals surface area contributed by atoms with Crippen LogP contribution in [0.4, 0.5) is 0 Å². The molecule has 0 amide bonds. The summed E-state index contributed by atoms with van der Waals surface area (Å²) in [7, 11) is 0. The predicted molar refractivity (Wildman–Crippen MR) is 86.1 cm³/mol. The number of nitrogens with one attached hydrogen (secondary N) is 1. The molecule has 0 aliphatic rings. The summed E-state index contributed by atoms with van der Waals surface area (Å²) < 4.78 is 0. The number of hydrogen-bond acceptors (Lipinski definition) is 4. The molecule has 0 bridgehead atoms. The topological polar surface area (TPSA) is 28.2 Å². The molecule has 0 spiro atoms. The van der Waals surface area contributed by atoms with Crippen molar-refractivity contribution in [3.8, 4) is 0 Å². The molecule has 1 N–H and O–H groups in total. The second kappa shape index (κ2) is 8.84. The Balaban J connectivity index is 1.61.